The summed E-state index contributed by atoms with van der Waals surface area (Å²) in [6, 6.07) is 1.80. The average molecular weight is 195 g/mol. The second-order valence-electron chi connectivity index (χ2n) is 2.79. The summed E-state index contributed by atoms with van der Waals surface area (Å²) in [6.45, 7) is 4.97. The summed E-state index contributed by atoms with van der Waals surface area (Å²) in [6.07, 6.45) is 2.40. The van der Waals surface area contributed by atoms with Crippen molar-refractivity contribution in [1.82, 2.24) is 0 Å². The summed E-state index contributed by atoms with van der Waals surface area (Å²) in [5.74, 6) is -0.548. The summed E-state index contributed by atoms with van der Waals surface area (Å²) in [5.41, 5.74) is 0.261. The van der Waals surface area contributed by atoms with Crippen molar-refractivity contribution >= 4 is 5.97 Å². The number of aliphatic hydroxyl groups is 1. The maximum absolute atomic E-state index is 11.1. The molecule has 0 aromatic carbocycles. The molecule has 1 unspecified atom stereocenters. The molecule has 0 saturated heterocycles. The van der Waals surface area contributed by atoms with Crippen LogP contribution < -0.4 is 0 Å². The number of nitriles is 1. The van der Waals surface area contributed by atoms with Gasteiger partial charge in [0.15, 0.2) is 0 Å². The normalized spacial score (nSPS) is 12.1. The van der Waals surface area contributed by atoms with E-state index in [1.54, 1.807) is 6.07 Å². The molecule has 0 aromatic heterocycles. The molecule has 0 aromatic rings. The maximum Gasteiger partial charge on any atom is 0.333 e. The Hall–Kier alpha value is -1.60. The third kappa shape index (κ3) is 5.98. The molecule has 1 atom stereocenters. The van der Waals surface area contributed by atoms with Crippen LogP contribution in [0.5, 0.6) is 0 Å². The minimum absolute atomic E-state index is 0.0418. The number of nitrogens with zero attached hydrogens (tertiary/aromatic N) is 1. The number of hydrogen-bond donors (Lipinski definition) is 1. The molecule has 0 heterocycles. The first-order chi connectivity index (χ1) is 6.57. The average Bonchev–Trinajstić information content (AvgIpc) is 2.14. The molecule has 76 valence electrons. The number of rotatable bonds is 5. The summed E-state index contributed by atoms with van der Waals surface area (Å²) < 4.78 is 4.69. The van der Waals surface area contributed by atoms with Crippen LogP contribution in [0.4, 0.5) is 0 Å². The van der Waals surface area contributed by atoms with Gasteiger partial charge in [-0.25, -0.2) is 4.79 Å². The Labute approximate surface area is 83.1 Å². The Morgan fingerprint density at radius 2 is 2.43 bits per heavy atom. The van der Waals surface area contributed by atoms with E-state index in [0.717, 1.165) is 0 Å². The third-order valence-corrected chi connectivity index (χ3v) is 1.30. The van der Waals surface area contributed by atoms with Gasteiger partial charge in [0, 0.05) is 11.6 Å². The number of aliphatic hydroxyl groups excluding tert-OH is 1. The fourth-order valence-electron chi connectivity index (χ4n) is 0.636. The predicted molar refractivity (Wildman–Crippen MR) is 51.1 cm³/mol. The highest BCUT2D eigenvalue weighted by Crippen LogP contribution is 2.02. The van der Waals surface area contributed by atoms with Gasteiger partial charge in [-0.3, -0.25) is 0 Å². The smallest absolute Gasteiger partial charge is 0.333 e. The Bertz CT molecular complexity index is 274. The van der Waals surface area contributed by atoms with E-state index < -0.39 is 12.1 Å². The fourth-order valence-corrected chi connectivity index (χ4v) is 0.636. The minimum Gasteiger partial charge on any atom is -0.460 e. The van der Waals surface area contributed by atoms with Crippen molar-refractivity contribution in [2.24, 2.45) is 0 Å². The molecule has 0 rings (SSSR count). The molecule has 0 saturated carbocycles. The molecule has 4 nitrogen and oxygen atoms in total. The predicted octanol–water partition coefficient (Wildman–Crippen LogP) is 0.936. The first-order valence-corrected chi connectivity index (χ1v) is 4.15. The number of carbonyl (C=O) groups is 1. The van der Waals surface area contributed by atoms with Crippen molar-refractivity contribution in [2.75, 3.05) is 6.61 Å². The molecule has 0 aliphatic carbocycles. The number of hydrogen-bond acceptors (Lipinski definition) is 4. The van der Waals surface area contributed by atoms with Gasteiger partial charge in [0.1, 0.15) is 6.61 Å². The molecule has 14 heavy (non-hydrogen) atoms. The molecule has 0 spiro atoms. The van der Waals surface area contributed by atoms with Gasteiger partial charge < -0.3 is 9.84 Å². The number of carbonyl (C=O) groups excluding carboxylic acids is 1. The first kappa shape index (κ1) is 12.4. The van der Waals surface area contributed by atoms with Crippen LogP contribution in [-0.4, -0.2) is 23.8 Å². The number of ether oxygens (including phenoxy) is 1. The Morgan fingerprint density at radius 3 is 2.93 bits per heavy atom. The van der Waals surface area contributed by atoms with Gasteiger partial charge >= 0.3 is 5.97 Å². The van der Waals surface area contributed by atoms with Crippen molar-refractivity contribution in [1.29, 1.82) is 5.26 Å². The second-order valence-corrected chi connectivity index (χ2v) is 2.79. The van der Waals surface area contributed by atoms with Crippen molar-refractivity contribution in [3.8, 4) is 6.07 Å². The molecule has 0 amide bonds. The van der Waals surface area contributed by atoms with Crippen molar-refractivity contribution in [2.45, 2.75) is 19.4 Å². The standard InChI is InChI=1S/C10H13NO3/c1-8(5-3-4-6-11)10(13)14-7-9(2)12/h3-4,9,12H,1,5,7H2,2H3. The van der Waals surface area contributed by atoms with E-state index in [0.29, 0.717) is 0 Å². The van der Waals surface area contributed by atoms with Gasteiger partial charge in [0.25, 0.3) is 0 Å². The van der Waals surface area contributed by atoms with Gasteiger partial charge in [0.05, 0.1) is 12.2 Å². The zero-order chi connectivity index (χ0) is 11.0. The molecule has 0 radical (unpaired) electrons. The van der Waals surface area contributed by atoms with Crippen LogP contribution in [0.3, 0.4) is 0 Å². The van der Waals surface area contributed by atoms with Crippen LogP contribution >= 0.6 is 0 Å². The Morgan fingerprint density at radius 1 is 1.79 bits per heavy atom. The zero-order valence-electron chi connectivity index (χ0n) is 8.06. The maximum atomic E-state index is 11.1. The summed E-state index contributed by atoms with van der Waals surface area (Å²) in [7, 11) is 0. The molecule has 0 bridgehead atoms. The van der Waals surface area contributed by atoms with E-state index >= 15 is 0 Å². The van der Waals surface area contributed by atoms with Crippen LogP contribution in [0.15, 0.2) is 24.3 Å². The van der Waals surface area contributed by atoms with Gasteiger partial charge in [-0.15, -0.1) is 0 Å². The quantitative estimate of drug-likeness (QED) is 0.402. The molecular weight excluding hydrogens is 182 g/mol. The van der Waals surface area contributed by atoms with Crippen LogP contribution in [0, 0.1) is 11.3 Å². The van der Waals surface area contributed by atoms with Gasteiger partial charge in [0.2, 0.25) is 0 Å². The fraction of sp³-hybridized carbons (Fsp3) is 0.400. The molecule has 0 fully saturated rings. The lowest BCUT2D eigenvalue weighted by atomic mass is 10.2. The monoisotopic (exact) mass is 195 g/mol. The van der Waals surface area contributed by atoms with E-state index in [4.69, 9.17) is 15.1 Å². The van der Waals surface area contributed by atoms with Crippen molar-refractivity contribution in [3.63, 3.8) is 0 Å². The van der Waals surface area contributed by atoms with E-state index in [-0.39, 0.29) is 18.6 Å². The first-order valence-electron chi connectivity index (χ1n) is 4.15. The Kier molecular flexibility index (Phi) is 6.08. The summed E-state index contributed by atoms with van der Waals surface area (Å²) in [5, 5.41) is 17.0. The second kappa shape index (κ2) is 6.87. The van der Waals surface area contributed by atoms with Crippen molar-refractivity contribution in [3.05, 3.63) is 24.3 Å². The largest absolute Gasteiger partial charge is 0.460 e. The SMILES string of the molecule is C=C(CC=CC#N)C(=O)OCC(C)O. The molecule has 4 heteroatoms. The van der Waals surface area contributed by atoms with E-state index in [1.165, 1.54) is 19.1 Å². The summed E-state index contributed by atoms with van der Waals surface area (Å²) >= 11 is 0. The highest BCUT2D eigenvalue weighted by Gasteiger charge is 2.07. The lowest BCUT2D eigenvalue weighted by molar-refractivity contribution is -0.141. The lowest BCUT2D eigenvalue weighted by Crippen LogP contribution is -2.16. The van der Waals surface area contributed by atoms with Gasteiger partial charge in [-0.1, -0.05) is 12.7 Å². The Balaban J connectivity index is 3.84. The zero-order valence-corrected chi connectivity index (χ0v) is 8.06. The third-order valence-electron chi connectivity index (χ3n) is 1.30. The molecular formula is C10H13NO3. The lowest BCUT2D eigenvalue weighted by Gasteiger charge is -2.06. The van der Waals surface area contributed by atoms with Crippen LogP contribution in [0.2, 0.25) is 0 Å². The van der Waals surface area contributed by atoms with Crippen molar-refractivity contribution < 1.29 is 14.6 Å². The molecule has 1 N–H and O–H groups in total. The number of allylic oxidation sites excluding steroid dienone is 2. The van der Waals surface area contributed by atoms with Gasteiger partial charge in [-0.2, -0.15) is 5.26 Å². The van der Waals surface area contributed by atoms with Crippen LogP contribution in [-0.2, 0) is 9.53 Å². The highest BCUT2D eigenvalue weighted by molar-refractivity contribution is 5.87. The van der Waals surface area contributed by atoms with Crippen LogP contribution in [0.25, 0.3) is 0 Å². The van der Waals surface area contributed by atoms with Gasteiger partial charge in [-0.05, 0) is 13.3 Å². The molecule has 0 aliphatic rings. The topological polar surface area (TPSA) is 70.3 Å². The number of esters is 1. The van der Waals surface area contributed by atoms with Crippen LogP contribution in [0.1, 0.15) is 13.3 Å². The molecule has 0 aliphatic heterocycles. The van der Waals surface area contributed by atoms with E-state index in [2.05, 4.69) is 6.58 Å². The highest BCUT2D eigenvalue weighted by atomic mass is 16.5. The van der Waals surface area contributed by atoms with E-state index in [9.17, 15) is 4.79 Å². The van der Waals surface area contributed by atoms with E-state index in [1.807, 2.05) is 0 Å². The minimum atomic E-state index is -0.679. The summed E-state index contributed by atoms with van der Waals surface area (Å²) in [4.78, 5) is 11.1.